The molecule has 1 aromatic carbocycles. The van der Waals surface area contributed by atoms with Crippen LogP contribution in [0, 0.1) is 17.7 Å². The van der Waals surface area contributed by atoms with Gasteiger partial charge in [0.25, 0.3) is 0 Å². The van der Waals surface area contributed by atoms with Crippen LogP contribution in [0.15, 0.2) is 29.2 Å². The van der Waals surface area contributed by atoms with Crippen LogP contribution in [-0.2, 0) is 9.59 Å². The van der Waals surface area contributed by atoms with Gasteiger partial charge in [0.1, 0.15) is 5.82 Å². The van der Waals surface area contributed by atoms with Crippen LogP contribution in [0.4, 0.5) is 4.39 Å². The van der Waals surface area contributed by atoms with E-state index in [1.807, 2.05) is 0 Å². The summed E-state index contributed by atoms with van der Waals surface area (Å²) < 4.78 is 12.8. The van der Waals surface area contributed by atoms with Gasteiger partial charge in [0, 0.05) is 22.6 Å². The van der Waals surface area contributed by atoms with Gasteiger partial charge in [-0.25, -0.2) is 4.39 Å². The summed E-state index contributed by atoms with van der Waals surface area (Å²) in [5.41, 5.74) is 0. The van der Waals surface area contributed by atoms with Crippen molar-refractivity contribution in [3.63, 3.8) is 0 Å². The Morgan fingerprint density at radius 1 is 1.24 bits per heavy atom. The maximum Gasteiger partial charge on any atom is 0.308 e. The molecule has 0 aromatic heterocycles. The monoisotopic (exact) mass is 313 g/mol. The average molecular weight is 313 g/mol. The van der Waals surface area contributed by atoms with Gasteiger partial charge in [0.05, 0.1) is 5.92 Å². The number of carboxylic acids is 1. The average Bonchev–Trinajstić information content (AvgIpc) is 2.45. The largest absolute Gasteiger partial charge is 0.481 e. The van der Waals surface area contributed by atoms with Crippen LogP contribution in [0.5, 0.6) is 0 Å². The van der Waals surface area contributed by atoms with E-state index in [-0.39, 0.29) is 17.6 Å². The van der Waals surface area contributed by atoms with Crippen molar-refractivity contribution in [2.45, 2.75) is 31.7 Å². The van der Waals surface area contributed by atoms with Crippen molar-refractivity contribution >= 4 is 23.6 Å². The zero-order chi connectivity index (χ0) is 16.0. The molecule has 2 N–H and O–H groups in total. The second kappa shape index (κ2) is 8.02. The lowest BCUT2D eigenvalue weighted by atomic mass is 10.0. The molecule has 116 valence electrons. The SMILES string of the molecule is CC(CSc1ccc(F)cc1)C(=O)NC(C)C(C)C(=O)O. The van der Waals surface area contributed by atoms with E-state index in [1.165, 1.54) is 23.9 Å². The molecule has 0 aliphatic carbocycles. The fourth-order valence-electron chi connectivity index (χ4n) is 1.53. The third-order valence-corrected chi connectivity index (χ3v) is 4.54. The van der Waals surface area contributed by atoms with Crippen LogP contribution in [0.1, 0.15) is 20.8 Å². The van der Waals surface area contributed by atoms with Crippen LogP contribution in [-0.4, -0.2) is 28.8 Å². The molecule has 0 radical (unpaired) electrons. The summed E-state index contributed by atoms with van der Waals surface area (Å²) in [5.74, 6) is -1.75. The number of nitrogens with one attached hydrogen (secondary N) is 1. The first-order valence-corrected chi connectivity index (χ1v) is 7.71. The molecular formula is C15H20FNO3S. The smallest absolute Gasteiger partial charge is 0.308 e. The molecule has 0 bridgehead atoms. The van der Waals surface area contributed by atoms with Gasteiger partial charge in [-0.1, -0.05) is 6.92 Å². The Kier molecular flexibility index (Phi) is 6.68. The molecule has 1 aromatic rings. The van der Waals surface area contributed by atoms with E-state index < -0.39 is 17.9 Å². The van der Waals surface area contributed by atoms with Gasteiger partial charge >= 0.3 is 5.97 Å². The van der Waals surface area contributed by atoms with Crippen LogP contribution in [0.2, 0.25) is 0 Å². The van der Waals surface area contributed by atoms with Gasteiger partial charge in [-0.15, -0.1) is 11.8 Å². The van der Waals surface area contributed by atoms with Gasteiger partial charge in [-0.3, -0.25) is 9.59 Å². The van der Waals surface area contributed by atoms with Crippen molar-refractivity contribution < 1.29 is 19.1 Å². The first-order chi connectivity index (χ1) is 9.81. The highest BCUT2D eigenvalue weighted by molar-refractivity contribution is 7.99. The Morgan fingerprint density at radius 2 is 1.81 bits per heavy atom. The third-order valence-electron chi connectivity index (χ3n) is 3.27. The highest BCUT2D eigenvalue weighted by atomic mass is 32.2. The lowest BCUT2D eigenvalue weighted by Crippen LogP contribution is -2.42. The number of benzene rings is 1. The second-order valence-corrected chi connectivity index (χ2v) is 6.18. The molecule has 6 heteroatoms. The van der Waals surface area contributed by atoms with E-state index >= 15 is 0 Å². The van der Waals surface area contributed by atoms with Gasteiger partial charge in [-0.2, -0.15) is 0 Å². The minimum absolute atomic E-state index is 0.176. The van der Waals surface area contributed by atoms with Crippen molar-refractivity contribution in [1.29, 1.82) is 0 Å². The summed E-state index contributed by atoms with van der Waals surface area (Å²) in [6.07, 6.45) is 0. The highest BCUT2D eigenvalue weighted by Crippen LogP contribution is 2.21. The maximum absolute atomic E-state index is 12.8. The van der Waals surface area contributed by atoms with E-state index in [0.29, 0.717) is 5.75 Å². The number of hydrogen-bond acceptors (Lipinski definition) is 3. The predicted octanol–water partition coefficient (Wildman–Crippen LogP) is 2.78. The zero-order valence-electron chi connectivity index (χ0n) is 12.3. The fraction of sp³-hybridized carbons (Fsp3) is 0.467. The molecule has 0 spiro atoms. The molecule has 0 heterocycles. The summed E-state index contributed by atoms with van der Waals surface area (Å²) in [6, 6.07) is 5.67. The molecule has 3 unspecified atom stereocenters. The standard InChI is InChI=1S/C15H20FNO3S/c1-9(8-21-13-6-4-12(16)5-7-13)14(18)17-11(3)10(2)15(19)20/h4-7,9-11H,8H2,1-3H3,(H,17,18)(H,19,20). The first-order valence-electron chi connectivity index (χ1n) is 6.72. The molecule has 1 amide bonds. The minimum atomic E-state index is -0.934. The number of amides is 1. The molecule has 0 saturated carbocycles. The quantitative estimate of drug-likeness (QED) is 0.760. The minimum Gasteiger partial charge on any atom is -0.481 e. The zero-order valence-corrected chi connectivity index (χ0v) is 13.1. The van der Waals surface area contributed by atoms with E-state index in [4.69, 9.17) is 5.11 Å². The van der Waals surface area contributed by atoms with E-state index in [1.54, 1.807) is 32.9 Å². The number of aliphatic carboxylic acids is 1. The molecular weight excluding hydrogens is 293 g/mol. The number of halogens is 1. The maximum atomic E-state index is 12.8. The summed E-state index contributed by atoms with van der Waals surface area (Å²) >= 11 is 1.46. The van der Waals surface area contributed by atoms with Crippen LogP contribution < -0.4 is 5.32 Å². The summed E-state index contributed by atoms with van der Waals surface area (Å²) in [6.45, 7) is 5.02. The Balaban J connectivity index is 2.44. The van der Waals surface area contributed by atoms with Crippen molar-refractivity contribution in [2.24, 2.45) is 11.8 Å². The number of carbonyl (C=O) groups is 2. The van der Waals surface area contributed by atoms with Gasteiger partial charge in [0.2, 0.25) is 5.91 Å². The number of rotatable bonds is 7. The van der Waals surface area contributed by atoms with Crippen molar-refractivity contribution in [3.05, 3.63) is 30.1 Å². The van der Waals surface area contributed by atoms with E-state index in [2.05, 4.69) is 5.32 Å². The topological polar surface area (TPSA) is 66.4 Å². The van der Waals surface area contributed by atoms with Crippen molar-refractivity contribution in [3.8, 4) is 0 Å². The third kappa shape index (κ3) is 5.75. The molecule has 3 atom stereocenters. The first kappa shape index (κ1) is 17.5. The highest BCUT2D eigenvalue weighted by Gasteiger charge is 2.23. The molecule has 21 heavy (non-hydrogen) atoms. The molecule has 0 aliphatic rings. The van der Waals surface area contributed by atoms with Gasteiger partial charge in [-0.05, 0) is 38.1 Å². The van der Waals surface area contributed by atoms with Crippen LogP contribution >= 0.6 is 11.8 Å². The summed E-state index contributed by atoms with van der Waals surface area (Å²) in [5, 5.41) is 11.6. The molecule has 1 rings (SSSR count). The van der Waals surface area contributed by atoms with E-state index in [9.17, 15) is 14.0 Å². The number of carboxylic acid groups (broad SMARTS) is 1. The number of hydrogen-bond donors (Lipinski definition) is 2. The molecule has 0 saturated heterocycles. The molecule has 0 fully saturated rings. The Labute approximate surface area is 128 Å². The summed E-state index contributed by atoms with van der Waals surface area (Å²) in [7, 11) is 0. The molecule has 0 aliphatic heterocycles. The molecule has 4 nitrogen and oxygen atoms in total. The predicted molar refractivity (Wildman–Crippen MR) is 80.7 cm³/mol. The Morgan fingerprint density at radius 3 is 2.33 bits per heavy atom. The van der Waals surface area contributed by atoms with Crippen molar-refractivity contribution in [2.75, 3.05) is 5.75 Å². The number of carbonyl (C=O) groups excluding carboxylic acids is 1. The Bertz CT molecular complexity index is 492. The van der Waals surface area contributed by atoms with Crippen LogP contribution in [0.25, 0.3) is 0 Å². The Hall–Kier alpha value is -1.56. The number of thioether (sulfide) groups is 1. The fourth-order valence-corrected chi connectivity index (χ4v) is 2.46. The second-order valence-electron chi connectivity index (χ2n) is 5.09. The van der Waals surface area contributed by atoms with Crippen LogP contribution in [0.3, 0.4) is 0 Å². The van der Waals surface area contributed by atoms with Gasteiger partial charge < -0.3 is 10.4 Å². The van der Waals surface area contributed by atoms with Gasteiger partial charge in [0.15, 0.2) is 0 Å². The lowest BCUT2D eigenvalue weighted by molar-refractivity contribution is -0.142. The normalized spacial score (nSPS) is 15.0. The van der Waals surface area contributed by atoms with E-state index in [0.717, 1.165) is 4.90 Å². The summed E-state index contributed by atoms with van der Waals surface area (Å²) in [4.78, 5) is 23.7. The lowest BCUT2D eigenvalue weighted by Gasteiger charge is -2.20. The van der Waals surface area contributed by atoms with Crippen molar-refractivity contribution in [1.82, 2.24) is 5.32 Å².